The molecule has 0 radical (unpaired) electrons. The molecule has 0 aliphatic carbocycles. The van der Waals surface area contributed by atoms with Gasteiger partial charge in [0.05, 0.1) is 6.61 Å². The summed E-state index contributed by atoms with van der Waals surface area (Å²) in [5, 5.41) is 0. The first-order valence-electron chi connectivity index (χ1n) is 4.96. The van der Waals surface area contributed by atoms with Crippen molar-refractivity contribution in [2.45, 2.75) is 13.8 Å². The van der Waals surface area contributed by atoms with E-state index in [0.29, 0.717) is 5.92 Å². The lowest BCUT2D eigenvalue weighted by molar-refractivity contribution is 0.176. The molecule has 1 nitrogen and oxygen atoms in total. The summed E-state index contributed by atoms with van der Waals surface area (Å²) in [6, 6.07) is 8.48. The van der Waals surface area contributed by atoms with E-state index in [2.05, 4.69) is 50.3 Å². The van der Waals surface area contributed by atoms with Crippen LogP contribution in [0.25, 0.3) is 6.08 Å². The van der Waals surface area contributed by atoms with Gasteiger partial charge in [0, 0.05) is 7.11 Å². The van der Waals surface area contributed by atoms with Crippen molar-refractivity contribution in [3.8, 4) is 0 Å². The standard InChI is InChI=1S/C13H18O/c1-11-5-4-6-13(9-11)8-7-12(2)10-14-3/h4-9,12H,10H2,1-3H3/b8-7+/t12-/m0/s1. The zero-order valence-electron chi connectivity index (χ0n) is 9.16. The lowest BCUT2D eigenvalue weighted by Gasteiger charge is -2.03. The van der Waals surface area contributed by atoms with Crippen LogP contribution < -0.4 is 0 Å². The largest absolute Gasteiger partial charge is 0.384 e. The SMILES string of the molecule is COC[C@@H](C)/C=C/c1cccc(C)c1. The minimum Gasteiger partial charge on any atom is -0.384 e. The van der Waals surface area contributed by atoms with Gasteiger partial charge in [-0.15, -0.1) is 0 Å². The van der Waals surface area contributed by atoms with Crippen LogP contribution >= 0.6 is 0 Å². The summed E-state index contributed by atoms with van der Waals surface area (Å²) in [6.07, 6.45) is 4.33. The number of methoxy groups -OCH3 is 1. The van der Waals surface area contributed by atoms with Crippen molar-refractivity contribution in [2.24, 2.45) is 5.92 Å². The normalized spacial score (nSPS) is 13.4. The quantitative estimate of drug-likeness (QED) is 0.708. The molecule has 1 atom stereocenters. The Morgan fingerprint density at radius 2 is 2.21 bits per heavy atom. The number of ether oxygens (including phenoxy) is 1. The smallest absolute Gasteiger partial charge is 0.0522 e. The molecule has 1 aromatic carbocycles. The van der Waals surface area contributed by atoms with Gasteiger partial charge in [0.25, 0.3) is 0 Å². The molecule has 1 rings (SSSR count). The Hall–Kier alpha value is -1.08. The molecule has 1 aromatic rings. The summed E-state index contributed by atoms with van der Waals surface area (Å²) in [7, 11) is 1.73. The third kappa shape index (κ3) is 3.75. The molecule has 0 heterocycles. The highest BCUT2D eigenvalue weighted by molar-refractivity contribution is 5.50. The van der Waals surface area contributed by atoms with Gasteiger partial charge in [0.1, 0.15) is 0 Å². The molecule has 76 valence electrons. The first-order chi connectivity index (χ1) is 6.72. The van der Waals surface area contributed by atoms with E-state index in [9.17, 15) is 0 Å². The molecule has 0 aromatic heterocycles. The number of hydrogen-bond acceptors (Lipinski definition) is 1. The minimum atomic E-state index is 0.473. The van der Waals surface area contributed by atoms with E-state index >= 15 is 0 Å². The van der Waals surface area contributed by atoms with Crippen molar-refractivity contribution in [3.63, 3.8) is 0 Å². The van der Waals surface area contributed by atoms with Crippen LogP contribution in [0.3, 0.4) is 0 Å². The van der Waals surface area contributed by atoms with E-state index in [0.717, 1.165) is 6.61 Å². The molecule has 0 bridgehead atoms. The van der Waals surface area contributed by atoms with Gasteiger partial charge in [-0.1, -0.05) is 48.9 Å². The summed E-state index contributed by atoms with van der Waals surface area (Å²) in [5.74, 6) is 0.473. The Morgan fingerprint density at radius 3 is 2.86 bits per heavy atom. The van der Waals surface area contributed by atoms with Crippen LogP contribution in [0, 0.1) is 12.8 Å². The van der Waals surface area contributed by atoms with Gasteiger partial charge in [-0.05, 0) is 18.4 Å². The molecule has 0 saturated heterocycles. The molecule has 0 saturated carbocycles. The molecule has 0 aliphatic rings. The average Bonchev–Trinajstić information content (AvgIpc) is 2.15. The molecule has 0 amide bonds. The van der Waals surface area contributed by atoms with Crippen molar-refractivity contribution in [1.82, 2.24) is 0 Å². The molecular formula is C13H18O. The fourth-order valence-electron chi connectivity index (χ4n) is 1.37. The second kappa shape index (κ2) is 5.61. The van der Waals surface area contributed by atoms with E-state index in [1.54, 1.807) is 7.11 Å². The zero-order valence-corrected chi connectivity index (χ0v) is 9.16. The van der Waals surface area contributed by atoms with Gasteiger partial charge >= 0.3 is 0 Å². The van der Waals surface area contributed by atoms with E-state index in [4.69, 9.17) is 4.74 Å². The van der Waals surface area contributed by atoms with Gasteiger partial charge in [-0.3, -0.25) is 0 Å². The predicted octanol–water partition coefficient (Wildman–Crippen LogP) is 3.29. The number of benzene rings is 1. The highest BCUT2D eigenvalue weighted by Crippen LogP contribution is 2.08. The van der Waals surface area contributed by atoms with Crippen LogP contribution in [-0.2, 0) is 4.74 Å². The molecule has 0 fully saturated rings. The maximum Gasteiger partial charge on any atom is 0.0522 e. The number of rotatable bonds is 4. The number of aryl methyl sites for hydroxylation is 1. The number of hydrogen-bond donors (Lipinski definition) is 0. The van der Waals surface area contributed by atoms with Crippen LogP contribution in [0.5, 0.6) is 0 Å². The first kappa shape index (κ1) is 11.0. The van der Waals surface area contributed by atoms with Crippen LogP contribution in [-0.4, -0.2) is 13.7 Å². The summed E-state index contributed by atoms with van der Waals surface area (Å²) < 4.78 is 5.06. The van der Waals surface area contributed by atoms with E-state index in [1.165, 1.54) is 11.1 Å². The molecule has 0 aliphatic heterocycles. The molecule has 0 N–H and O–H groups in total. The van der Waals surface area contributed by atoms with Crippen LogP contribution in [0.4, 0.5) is 0 Å². The third-order valence-electron chi connectivity index (χ3n) is 2.09. The average molecular weight is 190 g/mol. The van der Waals surface area contributed by atoms with Crippen LogP contribution in [0.15, 0.2) is 30.3 Å². The second-order valence-corrected chi connectivity index (χ2v) is 3.71. The molecular weight excluding hydrogens is 172 g/mol. The molecule has 1 heteroatoms. The summed E-state index contributed by atoms with van der Waals surface area (Å²) in [6.45, 7) is 5.04. The van der Waals surface area contributed by atoms with Gasteiger partial charge in [-0.2, -0.15) is 0 Å². The lowest BCUT2D eigenvalue weighted by atomic mass is 10.1. The van der Waals surface area contributed by atoms with Crippen molar-refractivity contribution in [1.29, 1.82) is 0 Å². The highest BCUT2D eigenvalue weighted by Gasteiger charge is 1.94. The topological polar surface area (TPSA) is 9.23 Å². The fraction of sp³-hybridized carbons (Fsp3) is 0.385. The first-order valence-corrected chi connectivity index (χ1v) is 4.96. The summed E-state index contributed by atoms with van der Waals surface area (Å²) in [5.41, 5.74) is 2.56. The van der Waals surface area contributed by atoms with E-state index in [-0.39, 0.29) is 0 Å². The molecule has 0 unspecified atom stereocenters. The Bertz CT molecular complexity index is 302. The Labute approximate surface area is 86.4 Å². The highest BCUT2D eigenvalue weighted by atomic mass is 16.5. The Balaban J connectivity index is 2.59. The zero-order chi connectivity index (χ0) is 10.4. The lowest BCUT2D eigenvalue weighted by Crippen LogP contribution is -1.98. The Morgan fingerprint density at radius 1 is 1.43 bits per heavy atom. The fourth-order valence-corrected chi connectivity index (χ4v) is 1.37. The van der Waals surface area contributed by atoms with Crippen LogP contribution in [0.1, 0.15) is 18.1 Å². The summed E-state index contributed by atoms with van der Waals surface area (Å²) in [4.78, 5) is 0. The van der Waals surface area contributed by atoms with Crippen molar-refractivity contribution < 1.29 is 4.74 Å². The van der Waals surface area contributed by atoms with Crippen molar-refractivity contribution >= 4 is 6.08 Å². The van der Waals surface area contributed by atoms with Crippen LogP contribution in [0.2, 0.25) is 0 Å². The Kier molecular flexibility index (Phi) is 4.41. The van der Waals surface area contributed by atoms with Gasteiger partial charge in [0.2, 0.25) is 0 Å². The van der Waals surface area contributed by atoms with Crippen molar-refractivity contribution in [3.05, 3.63) is 41.5 Å². The van der Waals surface area contributed by atoms with Gasteiger partial charge in [-0.25, -0.2) is 0 Å². The van der Waals surface area contributed by atoms with Gasteiger partial charge < -0.3 is 4.74 Å². The van der Waals surface area contributed by atoms with Gasteiger partial charge in [0.15, 0.2) is 0 Å². The van der Waals surface area contributed by atoms with Crippen molar-refractivity contribution in [2.75, 3.05) is 13.7 Å². The minimum absolute atomic E-state index is 0.473. The second-order valence-electron chi connectivity index (χ2n) is 3.71. The third-order valence-corrected chi connectivity index (χ3v) is 2.09. The van der Waals surface area contributed by atoms with E-state index < -0.39 is 0 Å². The van der Waals surface area contributed by atoms with E-state index in [1.807, 2.05) is 0 Å². The molecule has 14 heavy (non-hydrogen) atoms. The predicted molar refractivity (Wildman–Crippen MR) is 61.3 cm³/mol. The summed E-state index contributed by atoms with van der Waals surface area (Å²) >= 11 is 0. The maximum atomic E-state index is 5.06. The monoisotopic (exact) mass is 190 g/mol. The maximum absolute atomic E-state index is 5.06. The molecule has 0 spiro atoms.